The van der Waals surface area contributed by atoms with E-state index in [4.69, 9.17) is 11.6 Å². The lowest BCUT2D eigenvalue weighted by atomic mass is 10.0. The van der Waals surface area contributed by atoms with Gasteiger partial charge in [-0.2, -0.15) is 9.29 Å². The molecule has 0 saturated carbocycles. The summed E-state index contributed by atoms with van der Waals surface area (Å²) < 4.78 is 95.8. The van der Waals surface area contributed by atoms with Crippen molar-refractivity contribution in [1.29, 1.82) is 0 Å². The van der Waals surface area contributed by atoms with Crippen LogP contribution in [0, 0.1) is 29.1 Å². The molecule has 0 aliphatic carbocycles. The summed E-state index contributed by atoms with van der Waals surface area (Å²) in [6.45, 7) is 1.17. The van der Waals surface area contributed by atoms with Crippen molar-refractivity contribution in [2.24, 2.45) is 0 Å². The molecule has 1 aliphatic heterocycles. The molecule has 1 saturated heterocycles. The maximum atomic E-state index is 14.2. The van der Waals surface area contributed by atoms with Crippen molar-refractivity contribution in [2.75, 3.05) is 11.9 Å². The molecule has 7 nitrogen and oxygen atoms in total. The number of nitrogens with one attached hydrogen (secondary N) is 2. The fourth-order valence-electron chi connectivity index (χ4n) is 3.67. The third-order valence-electron chi connectivity index (χ3n) is 5.29. The summed E-state index contributed by atoms with van der Waals surface area (Å²) in [5.74, 6) is -11.6. The summed E-state index contributed by atoms with van der Waals surface area (Å²) in [6, 6.07) is 0.323. The number of sulfonamides is 1. The van der Waals surface area contributed by atoms with Gasteiger partial charge in [-0.3, -0.25) is 0 Å². The highest BCUT2D eigenvalue weighted by Gasteiger charge is 2.41. The molecule has 1 fully saturated rings. The number of benzene rings is 1. The number of anilines is 1. The van der Waals surface area contributed by atoms with E-state index in [1.54, 1.807) is 12.3 Å². The van der Waals surface area contributed by atoms with Crippen LogP contribution in [0.3, 0.4) is 0 Å². The van der Waals surface area contributed by atoms with Gasteiger partial charge in [-0.1, -0.05) is 0 Å². The Morgan fingerprint density at radius 2 is 1.69 bits per heavy atom. The minimum absolute atomic E-state index is 0.0718. The van der Waals surface area contributed by atoms with Gasteiger partial charge in [0.2, 0.25) is 21.1 Å². The Morgan fingerprint density at radius 1 is 1.06 bits per heavy atom. The molecule has 1 aromatic carbocycles. The maximum Gasteiger partial charge on any atom is 0.249 e. The molecule has 1 aliphatic rings. The SMILES string of the molecule is C[C@H]1CC[C@@H](Nc2nc(Cl)nc3[nH]ccc23)CN1S(=O)(=O)c1c(F)c(F)c(F)c(F)c1F. The molecule has 0 amide bonds. The van der Waals surface area contributed by atoms with Gasteiger partial charge in [0, 0.05) is 24.8 Å². The van der Waals surface area contributed by atoms with Crippen LogP contribution in [0.1, 0.15) is 19.8 Å². The van der Waals surface area contributed by atoms with Gasteiger partial charge in [-0.05, 0) is 37.4 Å². The minimum atomic E-state index is -5.07. The van der Waals surface area contributed by atoms with Crippen molar-refractivity contribution in [1.82, 2.24) is 19.3 Å². The molecular formula is C18H15ClF5N5O2S. The number of aromatic amines is 1. The van der Waals surface area contributed by atoms with Gasteiger partial charge in [0.05, 0.1) is 5.39 Å². The standard InChI is InChI=1S/C18H15ClF5N5O2S/c1-7-2-3-8(26-17-9-4-5-25-16(9)27-18(19)28-17)6-29(7)32(30,31)15-13(23)11(21)10(20)12(22)14(15)24/h4-5,7-8H,2-3,6H2,1H3,(H2,25,26,27,28)/t7-,8+/m0/s1. The minimum Gasteiger partial charge on any atom is -0.365 e. The summed E-state index contributed by atoms with van der Waals surface area (Å²) in [5.41, 5.74) is 0.433. The summed E-state index contributed by atoms with van der Waals surface area (Å²) in [4.78, 5) is 9.08. The third kappa shape index (κ3) is 3.67. The van der Waals surface area contributed by atoms with Crippen molar-refractivity contribution in [3.05, 3.63) is 46.6 Å². The number of rotatable bonds is 4. The number of piperidine rings is 1. The number of H-pyrrole nitrogens is 1. The van der Waals surface area contributed by atoms with Crippen LogP contribution in [0.25, 0.3) is 11.0 Å². The van der Waals surface area contributed by atoms with Gasteiger partial charge < -0.3 is 10.3 Å². The topological polar surface area (TPSA) is 91.0 Å². The van der Waals surface area contributed by atoms with E-state index in [0.717, 1.165) is 0 Å². The summed E-state index contributed by atoms with van der Waals surface area (Å²) in [6.07, 6.45) is 2.29. The average Bonchev–Trinajstić information content (AvgIpc) is 3.20. The Bertz CT molecular complexity index is 1290. The van der Waals surface area contributed by atoms with Crippen LogP contribution in [-0.4, -0.2) is 46.3 Å². The van der Waals surface area contributed by atoms with E-state index in [-0.39, 0.29) is 18.2 Å². The fourth-order valence-corrected chi connectivity index (χ4v) is 5.66. The zero-order valence-electron chi connectivity index (χ0n) is 16.3. The van der Waals surface area contributed by atoms with Crippen molar-refractivity contribution in [3.63, 3.8) is 0 Å². The summed E-state index contributed by atoms with van der Waals surface area (Å²) in [7, 11) is -5.07. The lowest BCUT2D eigenvalue weighted by Crippen LogP contribution is -2.50. The van der Waals surface area contributed by atoms with E-state index < -0.39 is 56.1 Å². The van der Waals surface area contributed by atoms with Crippen LogP contribution in [-0.2, 0) is 10.0 Å². The highest BCUT2D eigenvalue weighted by molar-refractivity contribution is 7.89. The average molecular weight is 496 g/mol. The quantitative estimate of drug-likeness (QED) is 0.247. The number of aromatic nitrogens is 3. The number of halogens is 6. The van der Waals surface area contributed by atoms with Crippen LogP contribution in [0.4, 0.5) is 27.8 Å². The van der Waals surface area contributed by atoms with Crippen molar-refractivity contribution >= 4 is 38.5 Å². The lowest BCUT2D eigenvalue weighted by Gasteiger charge is -2.37. The highest BCUT2D eigenvalue weighted by Crippen LogP contribution is 2.33. The van der Waals surface area contributed by atoms with Gasteiger partial charge in [0.1, 0.15) is 11.5 Å². The van der Waals surface area contributed by atoms with E-state index >= 15 is 0 Å². The first-order valence-corrected chi connectivity index (χ1v) is 11.1. The Hall–Kier alpha value is -2.51. The van der Waals surface area contributed by atoms with E-state index in [1.807, 2.05) is 0 Å². The Kier molecular flexibility index (Phi) is 5.75. The van der Waals surface area contributed by atoms with E-state index in [0.29, 0.717) is 27.6 Å². The van der Waals surface area contributed by atoms with Gasteiger partial charge >= 0.3 is 0 Å². The van der Waals surface area contributed by atoms with Gasteiger partial charge in [-0.25, -0.2) is 35.4 Å². The first-order valence-electron chi connectivity index (χ1n) is 9.32. The first-order chi connectivity index (χ1) is 15.0. The number of nitrogens with zero attached hydrogens (tertiary/aromatic N) is 3. The highest BCUT2D eigenvalue weighted by atomic mass is 35.5. The molecule has 172 valence electrons. The van der Waals surface area contributed by atoms with Crippen molar-refractivity contribution in [3.8, 4) is 0 Å². The van der Waals surface area contributed by atoms with Crippen LogP contribution < -0.4 is 5.32 Å². The molecule has 2 atom stereocenters. The van der Waals surface area contributed by atoms with E-state index in [2.05, 4.69) is 20.3 Å². The molecule has 32 heavy (non-hydrogen) atoms. The van der Waals surface area contributed by atoms with Crippen LogP contribution >= 0.6 is 11.6 Å². The lowest BCUT2D eigenvalue weighted by molar-refractivity contribution is 0.250. The van der Waals surface area contributed by atoms with E-state index in [1.165, 1.54) is 6.92 Å². The third-order valence-corrected chi connectivity index (χ3v) is 7.46. The van der Waals surface area contributed by atoms with Crippen molar-refractivity contribution < 1.29 is 30.4 Å². The molecule has 0 unspecified atom stereocenters. The second kappa shape index (κ2) is 8.12. The summed E-state index contributed by atoms with van der Waals surface area (Å²) in [5, 5.41) is 3.53. The van der Waals surface area contributed by atoms with Gasteiger partial charge in [-0.15, -0.1) is 0 Å². The Balaban J connectivity index is 1.69. The van der Waals surface area contributed by atoms with E-state index in [9.17, 15) is 30.4 Å². The molecule has 3 aromatic rings. The number of fused-ring (bicyclic) bond motifs is 1. The Labute approximate surface area is 183 Å². The zero-order valence-corrected chi connectivity index (χ0v) is 17.8. The molecule has 2 N–H and O–H groups in total. The smallest absolute Gasteiger partial charge is 0.249 e. The second-order valence-corrected chi connectivity index (χ2v) is 9.49. The normalized spacial score (nSPS) is 20.1. The monoisotopic (exact) mass is 495 g/mol. The van der Waals surface area contributed by atoms with Gasteiger partial charge in [0.25, 0.3) is 0 Å². The van der Waals surface area contributed by atoms with Crippen molar-refractivity contribution in [2.45, 2.75) is 36.7 Å². The molecule has 0 bridgehead atoms. The van der Waals surface area contributed by atoms with Crippen LogP contribution in [0.5, 0.6) is 0 Å². The van der Waals surface area contributed by atoms with Crippen LogP contribution in [0.2, 0.25) is 5.28 Å². The fraction of sp³-hybridized carbons (Fsp3) is 0.333. The predicted octanol–water partition coefficient (Wildman–Crippen LogP) is 3.96. The largest absolute Gasteiger partial charge is 0.365 e. The molecule has 2 aromatic heterocycles. The second-order valence-electron chi connectivity index (χ2n) is 7.32. The van der Waals surface area contributed by atoms with Crippen LogP contribution in [0.15, 0.2) is 17.2 Å². The first kappa shape index (κ1) is 22.7. The number of hydrogen-bond donors (Lipinski definition) is 2. The predicted molar refractivity (Wildman–Crippen MR) is 105 cm³/mol. The molecule has 4 rings (SSSR count). The zero-order chi connectivity index (χ0) is 23.4. The Morgan fingerprint density at radius 3 is 2.34 bits per heavy atom. The molecule has 0 radical (unpaired) electrons. The molecule has 3 heterocycles. The maximum absolute atomic E-state index is 14.2. The molecular weight excluding hydrogens is 481 g/mol. The van der Waals surface area contributed by atoms with Gasteiger partial charge in [0.15, 0.2) is 28.2 Å². The summed E-state index contributed by atoms with van der Waals surface area (Å²) >= 11 is 5.91. The molecule has 14 heteroatoms. The molecule has 0 spiro atoms. The number of hydrogen-bond acceptors (Lipinski definition) is 5.